The number of likely N-dealkylation sites (tertiary alicyclic amines) is 1. The summed E-state index contributed by atoms with van der Waals surface area (Å²) in [4.78, 5) is 40.9. The molecule has 0 atom stereocenters. The van der Waals surface area contributed by atoms with Crippen LogP contribution in [0.4, 0.5) is 9.18 Å². The molecule has 35 heavy (non-hydrogen) atoms. The van der Waals surface area contributed by atoms with Crippen LogP contribution in [0.5, 0.6) is 11.5 Å². The summed E-state index contributed by atoms with van der Waals surface area (Å²) in [5.74, 6) is -0.0847. The first-order valence-electron chi connectivity index (χ1n) is 11.1. The Kier molecular flexibility index (Phi) is 8.32. The van der Waals surface area contributed by atoms with E-state index in [1.807, 2.05) is 0 Å². The van der Waals surface area contributed by atoms with Crippen LogP contribution in [-0.2, 0) is 16.2 Å². The largest absolute Gasteiger partial charge is 0.493 e. The number of hydrogen-bond acceptors (Lipinski definition) is 6. The molecule has 2 aliphatic rings. The van der Waals surface area contributed by atoms with E-state index in [2.05, 4.69) is 22.6 Å². The number of hydrogen-bond donors (Lipinski definition) is 0. The van der Waals surface area contributed by atoms with Gasteiger partial charge in [0.05, 0.1) is 15.6 Å². The Morgan fingerprint density at radius 2 is 1.94 bits per heavy atom. The molecule has 7 nitrogen and oxygen atoms in total. The van der Waals surface area contributed by atoms with E-state index in [1.165, 1.54) is 19.2 Å². The first-order chi connectivity index (χ1) is 16.9. The van der Waals surface area contributed by atoms with Gasteiger partial charge in [-0.05, 0) is 95.1 Å². The molecule has 0 radical (unpaired) electrons. The van der Waals surface area contributed by atoms with Crippen molar-refractivity contribution < 1.29 is 28.2 Å². The zero-order valence-electron chi connectivity index (χ0n) is 19.1. The Morgan fingerprint density at radius 3 is 2.66 bits per heavy atom. The molecule has 2 heterocycles. The Labute approximate surface area is 220 Å². The summed E-state index contributed by atoms with van der Waals surface area (Å²) >= 11 is 2.91. The van der Waals surface area contributed by atoms with Gasteiger partial charge in [0, 0.05) is 13.1 Å². The minimum atomic E-state index is -0.481. The Hall–Kier alpha value is -2.60. The molecular formula is C25H24FIN2O5S. The van der Waals surface area contributed by atoms with E-state index >= 15 is 0 Å². The van der Waals surface area contributed by atoms with Crippen LogP contribution in [0.3, 0.4) is 0 Å². The maximum atomic E-state index is 13.4. The highest BCUT2D eigenvalue weighted by Gasteiger charge is 2.37. The SMILES string of the molecule is COc1cc(/C=C2\SC(=O)N(CC(=O)N3CCCCC3)C2=O)cc(I)c1OCc1cccc(F)c1. The number of carbonyl (C=O) groups excluding carboxylic acids is 3. The standard InChI is InChI=1S/C25H24FIN2O5S/c1-33-20-12-17(11-19(27)23(20)34-15-16-6-5-7-18(26)10-16)13-21-24(31)29(25(32)35-21)14-22(30)28-8-3-2-4-9-28/h5-7,10-13H,2-4,8-9,14-15H2,1H3/b21-13-. The molecule has 0 aromatic heterocycles. The van der Waals surface area contributed by atoms with Crippen molar-refractivity contribution in [1.82, 2.24) is 9.80 Å². The van der Waals surface area contributed by atoms with Crippen molar-refractivity contribution in [3.63, 3.8) is 0 Å². The summed E-state index contributed by atoms with van der Waals surface area (Å²) in [7, 11) is 1.50. The number of amides is 3. The summed E-state index contributed by atoms with van der Waals surface area (Å²) in [6.07, 6.45) is 4.58. The minimum Gasteiger partial charge on any atom is -0.493 e. The second-order valence-corrected chi connectivity index (χ2v) is 10.3. The van der Waals surface area contributed by atoms with Crippen LogP contribution < -0.4 is 9.47 Å². The van der Waals surface area contributed by atoms with Crippen molar-refractivity contribution in [3.8, 4) is 11.5 Å². The third-order valence-corrected chi connectivity index (χ3v) is 7.41. The molecule has 0 N–H and O–H groups in total. The van der Waals surface area contributed by atoms with Crippen LogP contribution in [0, 0.1) is 9.39 Å². The molecule has 3 amide bonds. The fraction of sp³-hybridized carbons (Fsp3) is 0.320. The van der Waals surface area contributed by atoms with Gasteiger partial charge in [-0.25, -0.2) is 4.39 Å². The molecule has 2 aromatic carbocycles. The van der Waals surface area contributed by atoms with E-state index < -0.39 is 11.1 Å². The first-order valence-corrected chi connectivity index (χ1v) is 13.0. The predicted molar refractivity (Wildman–Crippen MR) is 140 cm³/mol. The Bertz CT molecular complexity index is 1180. The highest BCUT2D eigenvalue weighted by molar-refractivity contribution is 14.1. The number of rotatable bonds is 7. The first kappa shape index (κ1) is 25.5. The zero-order chi connectivity index (χ0) is 24.9. The van der Waals surface area contributed by atoms with Crippen LogP contribution in [-0.4, -0.2) is 53.6 Å². The quantitative estimate of drug-likeness (QED) is 0.322. The number of halogens is 2. The molecule has 4 rings (SSSR count). The molecular weight excluding hydrogens is 586 g/mol. The van der Waals surface area contributed by atoms with Crippen LogP contribution in [0.2, 0.25) is 0 Å². The molecule has 0 bridgehead atoms. The summed E-state index contributed by atoms with van der Waals surface area (Å²) in [5.41, 5.74) is 1.33. The highest BCUT2D eigenvalue weighted by Crippen LogP contribution is 2.37. The van der Waals surface area contributed by atoms with E-state index in [1.54, 1.807) is 35.2 Å². The Balaban J connectivity index is 1.48. The number of imide groups is 1. The molecule has 10 heteroatoms. The lowest BCUT2D eigenvalue weighted by Crippen LogP contribution is -2.44. The van der Waals surface area contributed by atoms with Gasteiger partial charge in [-0.1, -0.05) is 12.1 Å². The zero-order valence-corrected chi connectivity index (χ0v) is 22.1. The number of piperidine rings is 1. The fourth-order valence-corrected chi connectivity index (χ4v) is 5.53. The van der Waals surface area contributed by atoms with Crippen LogP contribution >= 0.6 is 34.4 Å². The molecule has 0 aliphatic carbocycles. The summed E-state index contributed by atoms with van der Waals surface area (Å²) in [6.45, 7) is 1.25. The third kappa shape index (κ3) is 6.16. The second-order valence-electron chi connectivity index (χ2n) is 8.16. The number of thioether (sulfide) groups is 1. The molecule has 2 aromatic rings. The number of ether oxygens (including phenoxy) is 2. The number of methoxy groups -OCH3 is 1. The average Bonchev–Trinajstić information content (AvgIpc) is 3.10. The van der Waals surface area contributed by atoms with Crippen molar-refractivity contribution in [2.75, 3.05) is 26.7 Å². The van der Waals surface area contributed by atoms with Crippen molar-refractivity contribution in [2.45, 2.75) is 25.9 Å². The molecule has 184 valence electrons. The van der Waals surface area contributed by atoms with Gasteiger partial charge in [0.25, 0.3) is 11.1 Å². The van der Waals surface area contributed by atoms with Gasteiger partial charge in [-0.15, -0.1) is 0 Å². The van der Waals surface area contributed by atoms with Crippen molar-refractivity contribution >= 4 is 57.5 Å². The normalized spacial score (nSPS) is 17.3. The summed E-state index contributed by atoms with van der Waals surface area (Å²) < 4.78 is 25.5. The van der Waals surface area contributed by atoms with E-state index in [0.717, 1.165) is 39.5 Å². The van der Waals surface area contributed by atoms with Gasteiger partial charge < -0.3 is 14.4 Å². The van der Waals surface area contributed by atoms with Crippen molar-refractivity contribution in [1.29, 1.82) is 0 Å². The monoisotopic (exact) mass is 610 g/mol. The lowest BCUT2D eigenvalue weighted by atomic mass is 10.1. The number of benzene rings is 2. The molecule has 0 spiro atoms. The van der Waals surface area contributed by atoms with Gasteiger partial charge in [0.1, 0.15) is 19.0 Å². The highest BCUT2D eigenvalue weighted by atomic mass is 127. The summed E-state index contributed by atoms with van der Waals surface area (Å²) in [6, 6.07) is 9.66. The van der Waals surface area contributed by atoms with Gasteiger partial charge >= 0.3 is 0 Å². The van der Waals surface area contributed by atoms with Gasteiger partial charge in [0.2, 0.25) is 5.91 Å². The molecule has 2 aliphatic heterocycles. The molecule has 2 fully saturated rings. The topological polar surface area (TPSA) is 76.2 Å². The molecule has 0 unspecified atom stereocenters. The van der Waals surface area contributed by atoms with Gasteiger partial charge in [-0.2, -0.15) is 0 Å². The average molecular weight is 610 g/mol. The fourth-order valence-electron chi connectivity index (χ4n) is 3.91. The lowest BCUT2D eigenvalue weighted by molar-refractivity contribution is -0.136. The van der Waals surface area contributed by atoms with Gasteiger partial charge in [0.15, 0.2) is 11.5 Å². The lowest BCUT2D eigenvalue weighted by Gasteiger charge is -2.27. The van der Waals surface area contributed by atoms with E-state index in [-0.39, 0.29) is 29.8 Å². The maximum Gasteiger partial charge on any atom is 0.294 e. The summed E-state index contributed by atoms with van der Waals surface area (Å²) in [5, 5.41) is -0.455. The van der Waals surface area contributed by atoms with Crippen LogP contribution in [0.1, 0.15) is 30.4 Å². The van der Waals surface area contributed by atoms with Crippen molar-refractivity contribution in [2.24, 2.45) is 0 Å². The third-order valence-electron chi connectivity index (χ3n) is 5.70. The smallest absolute Gasteiger partial charge is 0.294 e. The molecule has 0 saturated carbocycles. The van der Waals surface area contributed by atoms with Crippen LogP contribution in [0.25, 0.3) is 6.08 Å². The predicted octanol–water partition coefficient (Wildman–Crippen LogP) is 5.07. The molecule has 2 saturated heterocycles. The van der Waals surface area contributed by atoms with E-state index in [0.29, 0.717) is 35.7 Å². The van der Waals surface area contributed by atoms with Crippen LogP contribution in [0.15, 0.2) is 41.3 Å². The maximum absolute atomic E-state index is 13.4. The second kappa shape index (κ2) is 11.4. The van der Waals surface area contributed by atoms with E-state index in [4.69, 9.17) is 9.47 Å². The number of carbonyl (C=O) groups is 3. The minimum absolute atomic E-state index is 0.160. The Morgan fingerprint density at radius 1 is 1.17 bits per heavy atom. The van der Waals surface area contributed by atoms with Crippen molar-refractivity contribution in [3.05, 3.63) is 61.8 Å². The van der Waals surface area contributed by atoms with E-state index in [9.17, 15) is 18.8 Å². The number of nitrogens with zero attached hydrogens (tertiary/aromatic N) is 2. The van der Waals surface area contributed by atoms with Gasteiger partial charge in [-0.3, -0.25) is 19.3 Å².